The number of benzene rings is 1. The summed E-state index contributed by atoms with van der Waals surface area (Å²) in [6.07, 6.45) is 3.70. The topological polar surface area (TPSA) is 74.5 Å². The van der Waals surface area contributed by atoms with Crippen molar-refractivity contribution >= 4 is 28.9 Å². The van der Waals surface area contributed by atoms with Crippen LogP contribution in [0.1, 0.15) is 30.3 Å². The van der Waals surface area contributed by atoms with Crippen molar-refractivity contribution < 1.29 is 5.11 Å². The molecule has 0 radical (unpaired) electrons. The van der Waals surface area contributed by atoms with Crippen LogP contribution in [0.3, 0.4) is 0 Å². The number of thiophene rings is 1. The molecule has 2 aromatic heterocycles. The number of rotatable bonds is 8. The number of nitrogens with one attached hydrogen (secondary N) is 2. The average molecular weight is 432 g/mol. The summed E-state index contributed by atoms with van der Waals surface area (Å²) in [5.41, 5.74) is 0.0840. The van der Waals surface area contributed by atoms with E-state index in [4.69, 9.17) is 11.6 Å². The van der Waals surface area contributed by atoms with E-state index < -0.39 is 5.60 Å². The van der Waals surface area contributed by atoms with Gasteiger partial charge in [-0.25, -0.2) is 4.99 Å². The Bertz CT molecular complexity index is 892. The molecule has 0 aliphatic heterocycles. The lowest BCUT2D eigenvalue weighted by molar-refractivity contribution is 0.0711. The Balaban J connectivity index is 1.73. The Morgan fingerprint density at radius 2 is 2.07 bits per heavy atom. The lowest BCUT2D eigenvalue weighted by atomic mass is 10.1. The van der Waals surface area contributed by atoms with Crippen LogP contribution in [0.25, 0.3) is 0 Å². The van der Waals surface area contributed by atoms with Gasteiger partial charge in [-0.2, -0.15) is 5.10 Å². The van der Waals surface area contributed by atoms with E-state index in [0.29, 0.717) is 17.5 Å². The highest BCUT2D eigenvalue weighted by Crippen LogP contribution is 2.25. The summed E-state index contributed by atoms with van der Waals surface area (Å²) in [7, 11) is 0. The van der Waals surface area contributed by atoms with E-state index in [9.17, 15) is 5.11 Å². The van der Waals surface area contributed by atoms with E-state index in [-0.39, 0.29) is 12.6 Å². The third-order valence-electron chi connectivity index (χ3n) is 4.50. The van der Waals surface area contributed by atoms with E-state index in [1.165, 1.54) is 11.3 Å². The van der Waals surface area contributed by atoms with E-state index in [1.54, 1.807) is 13.1 Å². The Hall–Kier alpha value is -2.35. The molecule has 0 bridgehead atoms. The van der Waals surface area contributed by atoms with Gasteiger partial charge in [-0.1, -0.05) is 29.8 Å². The molecule has 2 atom stereocenters. The molecule has 3 N–H and O–H groups in total. The van der Waals surface area contributed by atoms with Crippen LogP contribution >= 0.6 is 22.9 Å². The van der Waals surface area contributed by atoms with Crippen molar-refractivity contribution in [2.24, 2.45) is 4.99 Å². The molecule has 0 saturated heterocycles. The van der Waals surface area contributed by atoms with Gasteiger partial charge >= 0.3 is 0 Å². The summed E-state index contributed by atoms with van der Waals surface area (Å²) in [4.78, 5) is 5.50. The fourth-order valence-electron chi connectivity index (χ4n) is 2.95. The molecule has 2 heterocycles. The quantitative estimate of drug-likeness (QED) is 0.376. The second-order valence-electron chi connectivity index (χ2n) is 6.88. The van der Waals surface area contributed by atoms with Crippen LogP contribution in [-0.2, 0) is 5.60 Å². The second-order valence-corrected chi connectivity index (χ2v) is 8.26. The Kier molecular flexibility index (Phi) is 7.30. The van der Waals surface area contributed by atoms with Crippen molar-refractivity contribution in [3.05, 3.63) is 75.7 Å². The number of hydrogen-bond acceptors (Lipinski definition) is 4. The maximum absolute atomic E-state index is 10.7. The number of aliphatic imine (C=N–C) groups is 1. The highest BCUT2D eigenvalue weighted by Gasteiger charge is 2.24. The van der Waals surface area contributed by atoms with E-state index in [1.807, 2.05) is 65.6 Å². The summed E-state index contributed by atoms with van der Waals surface area (Å²) >= 11 is 7.57. The van der Waals surface area contributed by atoms with Crippen LogP contribution in [-0.4, -0.2) is 40.5 Å². The average Bonchev–Trinajstić information content (AvgIpc) is 3.42. The highest BCUT2D eigenvalue weighted by molar-refractivity contribution is 7.10. The molecule has 0 spiro atoms. The summed E-state index contributed by atoms with van der Waals surface area (Å²) in [5, 5.41) is 24.4. The number of hydrogen-bond donors (Lipinski definition) is 3. The van der Waals surface area contributed by atoms with Gasteiger partial charge in [-0.15, -0.1) is 11.3 Å². The first-order valence-electron chi connectivity index (χ1n) is 9.52. The van der Waals surface area contributed by atoms with Gasteiger partial charge in [0.25, 0.3) is 0 Å². The van der Waals surface area contributed by atoms with Crippen LogP contribution < -0.4 is 10.6 Å². The molecule has 0 aliphatic rings. The van der Waals surface area contributed by atoms with Crippen molar-refractivity contribution in [2.45, 2.75) is 25.5 Å². The molecular weight excluding hydrogens is 406 g/mol. The van der Waals surface area contributed by atoms with Crippen LogP contribution in [0, 0.1) is 0 Å². The molecule has 29 heavy (non-hydrogen) atoms. The molecule has 154 valence electrons. The molecule has 0 aliphatic carbocycles. The number of halogens is 1. The van der Waals surface area contributed by atoms with Crippen LogP contribution in [0.4, 0.5) is 0 Å². The molecular formula is C21H26ClN5OS. The van der Waals surface area contributed by atoms with Crippen molar-refractivity contribution in [1.29, 1.82) is 0 Å². The maximum Gasteiger partial charge on any atom is 0.191 e. The van der Waals surface area contributed by atoms with E-state index in [2.05, 4.69) is 20.7 Å². The van der Waals surface area contributed by atoms with Crippen LogP contribution in [0.2, 0.25) is 5.02 Å². The SMILES string of the molecule is CCNC(=NCC(C)(O)c1cccs1)NCC(c1ccc(Cl)cc1)n1cccn1. The minimum Gasteiger partial charge on any atom is -0.383 e. The Morgan fingerprint density at radius 3 is 2.69 bits per heavy atom. The summed E-state index contributed by atoms with van der Waals surface area (Å²) in [5.74, 6) is 0.649. The van der Waals surface area contributed by atoms with Gasteiger partial charge in [-0.05, 0) is 49.1 Å². The zero-order valence-corrected chi connectivity index (χ0v) is 18.1. The first-order valence-corrected chi connectivity index (χ1v) is 10.8. The van der Waals surface area contributed by atoms with Crippen LogP contribution in [0.5, 0.6) is 0 Å². The van der Waals surface area contributed by atoms with Gasteiger partial charge in [0.2, 0.25) is 0 Å². The third kappa shape index (κ3) is 5.82. The summed E-state index contributed by atoms with van der Waals surface area (Å²) in [6, 6.07) is 13.5. The number of aromatic nitrogens is 2. The van der Waals surface area contributed by atoms with Gasteiger partial charge in [0.1, 0.15) is 5.60 Å². The zero-order chi connectivity index (χ0) is 20.7. The van der Waals surface area contributed by atoms with E-state index >= 15 is 0 Å². The highest BCUT2D eigenvalue weighted by atomic mass is 35.5. The minimum absolute atomic E-state index is 0.0241. The van der Waals surface area contributed by atoms with Crippen molar-refractivity contribution in [1.82, 2.24) is 20.4 Å². The van der Waals surface area contributed by atoms with Crippen molar-refractivity contribution in [3.63, 3.8) is 0 Å². The maximum atomic E-state index is 10.7. The molecule has 6 nitrogen and oxygen atoms in total. The Labute approximate surface area is 180 Å². The number of nitrogens with zero attached hydrogens (tertiary/aromatic N) is 3. The van der Waals surface area contributed by atoms with Gasteiger partial charge in [0.05, 0.1) is 12.6 Å². The second kappa shape index (κ2) is 9.91. The Morgan fingerprint density at radius 1 is 1.28 bits per heavy atom. The normalized spacial score (nSPS) is 15.0. The third-order valence-corrected chi connectivity index (χ3v) is 5.88. The van der Waals surface area contributed by atoms with Gasteiger partial charge in [0.15, 0.2) is 5.96 Å². The van der Waals surface area contributed by atoms with Crippen molar-refractivity contribution in [3.8, 4) is 0 Å². The van der Waals surface area contributed by atoms with E-state index in [0.717, 1.165) is 17.0 Å². The fraction of sp³-hybridized carbons (Fsp3) is 0.333. The monoisotopic (exact) mass is 431 g/mol. The molecule has 2 unspecified atom stereocenters. The number of aliphatic hydroxyl groups is 1. The predicted octanol–water partition coefficient (Wildman–Crippen LogP) is 3.65. The first-order chi connectivity index (χ1) is 14.0. The van der Waals surface area contributed by atoms with Gasteiger partial charge in [0, 0.05) is 35.4 Å². The molecule has 3 aromatic rings. The lowest BCUT2D eigenvalue weighted by Crippen LogP contribution is -2.41. The largest absolute Gasteiger partial charge is 0.383 e. The predicted molar refractivity (Wildman–Crippen MR) is 120 cm³/mol. The molecule has 0 saturated carbocycles. The fourth-order valence-corrected chi connectivity index (χ4v) is 3.85. The summed E-state index contributed by atoms with van der Waals surface area (Å²) in [6.45, 7) is 5.36. The molecule has 1 aromatic carbocycles. The van der Waals surface area contributed by atoms with Gasteiger partial charge in [-0.3, -0.25) is 4.68 Å². The van der Waals surface area contributed by atoms with Crippen molar-refractivity contribution in [2.75, 3.05) is 19.6 Å². The molecule has 3 rings (SSSR count). The lowest BCUT2D eigenvalue weighted by Gasteiger charge is -2.23. The smallest absolute Gasteiger partial charge is 0.191 e. The zero-order valence-electron chi connectivity index (χ0n) is 16.5. The summed E-state index contributed by atoms with van der Waals surface area (Å²) < 4.78 is 1.90. The van der Waals surface area contributed by atoms with Crippen LogP contribution in [0.15, 0.2) is 65.2 Å². The minimum atomic E-state index is -1.01. The molecule has 8 heteroatoms. The standard InChI is InChI=1S/C21H26ClN5OS/c1-3-23-20(25-15-21(2,28)19-6-4-13-29-19)24-14-18(27-12-5-11-26-27)16-7-9-17(22)10-8-16/h4-13,18,28H,3,14-15H2,1-2H3,(H2,23,24,25). The first kappa shape index (κ1) is 21.4. The van der Waals surface area contributed by atoms with Gasteiger partial charge < -0.3 is 15.7 Å². The molecule has 0 fully saturated rings. The number of guanidine groups is 1. The molecule has 0 amide bonds.